The Labute approximate surface area is 208 Å². The molecule has 5 rings (SSSR count). The molecule has 0 unspecified atom stereocenters. The topological polar surface area (TPSA) is 34.5 Å². The van der Waals surface area contributed by atoms with Crippen LogP contribution < -0.4 is 0 Å². The van der Waals surface area contributed by atoms with Gasteiger partial charge < -0.3 is 14.2 Å². The molecule has 3 aromatic carbocycles. The Morgan fingerprint density at radius 2 is 1.49 bits per heavy atom. The van der Waals surface area contributed by atoms with Crippen LogP contribution >= 0.6 is 0 Å². The first-order chi connectivity index (χ1) is 17.2. The summed E-state index contributed by atoms with van der Waals surface area (Å²) < 4.78 is 7.63. The van der Waals surface area contributed by atoms with Gasteiger partial charge in [0.25, 0.3) is 0 Å². The molecule has 4 aromatic rings. The molecule has 1 aromatic heterocycles. The number of para-hydroxylation sites is 1. The summed E-state index contributed by atoms with van der Waals surface area (Å²) in [5.41, 5.74) is 4.57. The number of piperidine rings is 1. The van der Waals surface area contributed by atoms with Gasteiger partial charge in [0.05, 0.1) is 6.61 Å². The lowest BCUT2D eigenvalue weighted by Gasteiger charge is -2.34. The van der Waals surface area contributed by atoms with Crippen LogP contribution in [-0.2, 0) is 4.74 Å². The highest BCUT2D eigenvalue weighted by atomic mass is 16.5. The van der Waals surface area contributed by atoms with Gasteiger partial charge in [0.1, 0.15) is 5.69 Å². The number of likely N-dealkylation sites (tertiary alicyclic amines) is 1. The van der Waals surface area contributed by atoms with Gasteiger partial charge in [-0.15, -0.1) is 0 Å². The van der Waals surface area contributed by atoms with Crippen molar-refractivity contribution >= 4 is 16.9 Å². The van der Waals surface area contributed by atoms with E-state index in [1.54, 1.807) is 0 Å². The summed E-state index contributed by atoms with van der Waals surface area (Å²) in [4.78, 5) is 15.3. The summed E-state index contributed by atoms with van der Waals surface area (Å²) in [5, 5.41) is 1.10. The molecule has 0 amide bonds. The van der Waals surface area contributed by atoms with Crippen molar-refractivity contribution < 1.29 is 9.53 Å². The minimum absolute atomic E-state index is 0.223. The fourth-order valence-corrected chi connectivity index (χ4v) is 5.54. The second-order valence-corrected chi connectivity index (χ2v) is 9.41. The van der Waals surface area contributed by atoms with E-state index in [9.17, 15) is 4.79 Å². The molecule has 180 valence electrons. The second-order valence-electron chi connectivity index (χ2n) is 9.41. The van der Waals surface area contributed by atoms with Gasteiger partial charge in [-0.25, -0.2) is 4.79 Å². The standard InChI is InChI=1S/C31H34N2O2/c1-2-35-31(34)30-23-26-15-9-10-16-29(26)33(30)27-17-20-32(21-18-27)22-19-28(24-11-5-3-6-12-24)25-13-7-4-8-14-25/h3-16,23,27-28H,2,17-22H2,1H3. The monoisotopic (exact) mass is 466 g/mol. The van der Waals surface area contributed by atoms with Gasteiger partial charge in [-0.2, -0.15) is 0 Å². The maximum Gasteiger partial charge on any atom is 0.354 e. The fourth-order valence-electron chi connectivity index (χ4n) is 5.54. The molecule has 0 N–H and O–H groups in total. The van der Waals surface area contributed by atoms with Crippen molar-refractivity contribution in [2.24, 2.45) is 0 Å². The highest BCUT2D eigenvalue weighted by Gasteiger charge is 2.27. The van der Waals surface area contributed by atoms with Crippen LogP contribution in [0.1, 0.15) is 59.8 Å². The number of rotatable bonds is 8. The van der Waals surface area contributed by atoms with Gasteiger partial charge in [-0.05, 0) is 56.0 Å². The minimum atomic E-state index is -0.223. The average molecular weight is 467 g/mol. The summed E-state index contributed by atoms with van der Waals surface area (Å²) in [6.07, 6.45) is 3.16. The molecule has 1 fully saturated rings. The third-order valence-electron chi connectivity index (χ3n) is 7.29. The van der Waals surface area contributed by atoms with E-state index in [2.05, 4.69) is 88.3 Å². The number of fused-ring (bicyclic) bond motifs is 1. The number of carbonyl (C=O) groups excluding carboxylic acids is 1. The number of hydrogen-bond donors (Lipinski definition) is 0. The number of esters is 1. The van der Waals surface area contributed by atoms with Crippen molar-refractivity contribution in [3.63, 3.8) is 0 Å². The Bertz CT molecular complexity index is 1200. The van der Waals surface area contributed by atoms with Crippen molar-refractivity contribution in [2.45, 2.75) is 38.1 Å². The van der Waals surface area contributed by atoms with Crippen LogP contribution in [0, 0.1) is 0 Å². The summed E-state index contributed by atoms with van der Waals surface area (Å²) in [7, 11) is 0. The molecular weight excluding hydrogens is 432 g/mol. The van der Waals surface area contributed by atoms with Gasteiger partial charge in [-0.3, -0.25) is 0 Å². The SMILES string of the molecule is CCOC(=O)c1cc2ccccc2n1C1CCN(CCC(c2ccccc2)c2ccccc2)CC1. The molecule has 4 heteroatoms. The molecule has 0 atom stereocenters. The van der Waals surface area contributed by atoms with Crippen LogP contribution in [0.5, 0.6) is 0 Å². The lowest BCUT2D eigenvalue weighted by atomic mass is 9.88. The van der Waals surface area contributed by atoms with E-state index in [1.807, 2.05) is 19.1 Å². The van der Waals surface area contributed by atoms with Crippen LogP contribution in [0.4, 0.5) is 0 Å². The third-order valence-corrected chi connectivity index (χ3v) is 7.29. The van der Waals surface area contributed by atoms with E-state index in [0.717, 1.165) is 49.8 Å². The minimum Gasteiger partial charge on any atom is -0.461 e. The fraction of sp³-hybridized carbons (Fsp3) is 0.323. The predicted octanol–water partition coefficient (Wildman–Crippen LogP) is 6.68. The van der Waals surface area contributed by atoms with Crippen LogP contribution in [0.2, 0.25) is 0 Å². The highest BCUT2D eigenvalue weighted by molar-refractivity contribution is 5.95. The number of carbonyl (C=O) groups is 1. The first-order valence-corrected chi connectivity index (χ1v) is 12.8. The summed E-state index contributed by atoms with van der Waals surface area (Å²) in [6.45, 7) is 5.40. The lowest BCUT2D eigenvalue weighted by molar-refractivity contribution is 0.0508. The number of nitrogens with zero attached hydrogens (tertiary/aromatic N) is 2. The number of hydrogen-bond acceptors (Lipinski definition) is 3. The highest BCUT2D eigenvalue weighted by Crippen LogP contribution is 2.33. The molecule has 0 aliphatic carbocycles. The normalized spacial score (nSPS) is 15.0. The largest absolute Gasteiger partial charge is 0.461 e. The number of ether oxygens (including phenoxy) is 1. The Kier molecular flexibility index (Phi) is 7.29. The van der Waals surface area contributed by atoms with Crippen molar-refractivity contribution in [2.75, 3.05) is 26.2 Å². The average Bonchev–Trinajstić information content (AvgIpc) is 3.30. The lowest BCUT2D eigenvalue weighted by Crippen LogP contribution is -2.36. The molecule has 4 nitrogen and oxygen atoms in total. The quantitative estimate of drug-likeness (QED) is 0.272. The molecule has 1 aliphatic rings. The first-order valence-electron chi connectivity index (χ1n) is 12.8. The van der Waals surface area contributed by atoms with Crippen molar-refractivity contribution in [1.82, 2.24) is 9.47 Å². The van der Waals surface area contributed by atoms with E-state index in [-0.39, 0.29) is 5.97 Å². The van der Waals surface area contributed by atoms with Crippen LogP contribution in [0.25, 0.3) is 10.9 Å². The third kappa shape index (κ3) is 5.18. The predicted molar refractivity (Wildman–Crippen MR) is 142 cm³/mol. The molecule has 35 heavy (non-hydrogen) atoms. The zero-order valence-electron chi connectivity index (χ0n) is 20.5. The second kappa shape index (κ2) is 10.9. The summed E-state index contributed by atoms with van der Waals surface area (Å²) in [6, 6.07) is 32.3. The van der Waals surface area contributed by atoms with Gasteiger partial charge in [-0.1, -0.05) is 78.9 Å². The molecular formula is C31H34N2O2. The van der Waals surface area contributed by atoms with Crippen LogP contribution in [0.3, 0.4) is 0 Å². The van der Waals surface area contributed by atoms with Crippen molar-refractivity contribution in [3.8, 4) is 0 Å². The number of aromatic nitrogens is 1. The van der Waals surface area contributed by atoms with Crippen LogP contribution in [0.15, 0.2) is 91.0 Å². The smallest absolute Gasteiger partial charge is 0.354 e. The molecule has 0 saturated carbocycles. The Hall–Kier alpha value is -3.37. The Morgan fingerprint density at radius 1 is 0.886 bits per heavy atom. The molecule has 2 heterocycles. The molecule has 0 bridgehead atoms. The Morgan fingerprint density at radius 3 is 2.11 bits per heavy atom. The molecule has 0 spiro atoms. The maximum absolute atomic E-state index is 12.7. The number of benzene rings is 3. The van der Waals surface area contributed by atoms with E-state index in [1.165, 1.54) is 11.1 Å². The van der Waals surface area contributed by atoms with Gasteiger partial charge in [0, 0.05) is 36.0 Å². The van der Waals surface area contributed by atoms with E-state index < -0.39 is 0 Å². The zero-order chi connectivity index (χ0) is 24.0. The molecule has 0 radical (unpaired) electrons. The van der Waals surface area contributed by atoms with Crippen LogP contribution in [-0.4, -0.2) is 41.7 Å². The maximum atomic E-state index is 12.7. The Balaban J connectivity index is 1.28. The van der Waals surface area contributed by atoms with Crippen molar-refractivity contribution in [1.29, 1.82) is 0 Å². The van der Waals surface area contributed by atoms with Gasteiger partial charge in [0.2, 0.25) is 0 Å². The van der Waals surface area contributed by atoms with E-state index in [0.29, 0.717) is 24.3 Å². The van der Waals surface area contributed by atoms with E-state index in [4.69, 9.17) is 4.74 Å². The van der Waals surface area contributed by atoms with Gasteiger partial charge in [0.15, 0.2) is 0 Å². The first kappa shape index (κ1) is 23.4. The summed E-state index contributed by atoms with van der Waals surface area (Å²) >= 11 is 0. The summed E-state index contributed by atoms with van der Waals surface area (Å²) in [5.74, 6) is 0.179. The molecule has 1 aliphatic heterocycles. The van der Waals surface area contributed by atoms with E-state index >= 15 is 0 Å². The van der Waals surface area contributed by atoms with Gasteiger partial charge >= 0.3 is 5.97 Å². The van der Waals surface area contributed by atoms with Crippen molar-refractivity contribution in [3.05, 3.63) is 108 Å². The zero-order valence-corrected chi connectivity index (χ0v) is 20.5. The molecule has 1 saturated heterocycles.